The normalized spacial score (nSPS) is 15.8. The zero-order chi connectivity index (χ0) is 25.5. The number of nitriles is 1. The van der Waals surface area contributed by atoms with E-state index >= 15 is 0 Å². The third kappa shape index (κ3) is 5.96. The first-order chi connectivity index (χ1) is 17.5. The van der Waals surface area contributed by atoms with Gasteiger partial charge in [0.2, 0.25) is 5.91 Å². The second-order valence-electron chi connectivity index (χ2n) is 9.08. The number of hydrogen-bond acceptors (Lipinski definition) is 5. The van der Waals surface area contributed by atoms with Gasteiger partial charge in [-0.25, -0.2) is 4.79 Å². The summed E-state index contributed by atoms with van der Waals surface area (Å²) in [7, 11) is 0. The lowest BCUT2D eigenvalue weighted by molar-refractivity contribution is -0.118. The maximum atomic E-state index is 13.2. The van der Waals surface area contributed by atoms with Crippen LogP contribution < -0.4 is 16.0 Å². The van der Waals surface area contributed by atoms with E-state index in [1.165, 1.54) is 0 Å². The minimum absolute atomic E-state index is 0.0554. The first-order valence-corrected chi connectivity index (χ1v) is 12.2. The lowest BCUT2D eigenvalue weighted by Crippen LogP contribution is -2.49. The predicted octanol–water partition coefficient (Wildman–Crippen LogP) is 4.23. The Morgan fingerprint density at radius 3 is 2.64 bits per heavy atom. The number of aromatic nitrogens is 1. The fourth-order valence-corrected chi connectivity index (χ4v) is 4.65. The number of anilines is 2. The zero-order valence-corrected chi connectivity index (χ0v) is 20.7. The molecule has 36 heavy (non-hydrogen) atoms. The Bertz CT molecular complexity index is 1230. The quantitative estimate of drug-likeness (QED) is 0.439. The summed E-state index contributed by atoms with van der Waals surface area (Å²) < 4.78 is 7.40. The van der Waals surface area contributed by atoms with E-state index in [0.717, 1.165) is 48.5 Å². The molecule has 1 saturated heterocycles. The van der Waals surface area contributed by atoms with Gasteiger partial charge in [0.25, 0.3) is 0 Å². The smallest absolute Gasteiger partial charge is 0.319 e. The van der Waals surface area contributed by atoms with Gasteiger partial charge in [-0.05, 0) is 63.1 Å². The molecule has 188 valence electrons. The molecular formula is C27H32N6O3. The second kappa shape index (κ2) is 11.6. The molecule has 0 spiro atoms. The van der Waals surface area contributed by atoms with Crippen molar-refractivity contribution in [2.75, 3.05) is 30.3 Å². The van der Waals surface area contributed by atoms with Crippen molar-refractivity contribution in [1.29, 1.82) is 5.26 Å². The van der Waals surface area contributed by atoms with Gasteiger partial charge < -0.3 is 24.9 Å². The maximum Gasteiger partial charge on any atom is 0.319 e. The molecule has 9 heteroatoms. The van der Waals surface area contributed by atoms with E-state index in [4.69, 9.17) is 4.42 Å². The Balaban J connectivity index is 1.40. The molecule has 3 heterocycles. The number of nitrogens with one attached hydrogen (secondary N) is 3. The van der Waals surface area contributed by atoms with Crippen LogP contribution in [-0.4, -0.2) is 47.1 Å². The van der Waals surface area contributed by atoms with Gasteiger partial charge in [0.05, 0.1) is 24.9 Å². The lowest BCUT2D eigenvalue weighted by Gasteiger charge is -2.35. The topological polar surface area (TPSA) is 115 Å². The average molecular weight is 489 g/mol. The second-order valence-corrected chi connectivity index (χ2v) is 9.08. The van der Waals surface area contributed by atoms with Gasteiger partial charge in [-0.3, -0.25) is 9.69 Å². The number of carbonyl (C=O) groups is 2. The monoisotopic (exact) mass is 488 g/mol. The summed E-state index contributed by atoms with van der Waals surface area (Å²) in [4.78, 5) is 27.6. The number of likely N-dealkylation sites (tertiary alicyclic amines) is 1. The van der Waals surface area contributed by atoms with Crippen LogP contribution in [0.2, 0.25) is 0 Å². The number of nitrogens with zero attached hydrogens (tertiary/aromatic N) is 3. The van der Waals surface area contributed by atoms with E-state index in [9.17, 15) is 14.9 Å². The van der Waals surface area contributed by atoms with E-state index < -0.39 is 0 Å². The fraction of sp³-hybridized carbons (Fsp3) is 0.370. The highest BCUT2D eigenvalue weighted by atomic mass is 16.3. The Morgan fingerprint density at radius 2 is 1.92 bits per heavy atom. The number of benzene rings is 1. The highest BCUT2D eigenvalue weighted by Gasteiger charge is 2.26. The van der Waals surface area contributed by atoms with Crippen molar-refractivity contribution < 1.29 is 14.0 Å². The molecular weight excluding hydrogens is 456 g/mol. The van der Waals surface area contributed by atoms with Crippen LogP contribution in [0.25, 0.3) is 0 Å². The molecule has 0 bridgehead atoms. The van der Waals surface area contributed by atoms with E-state index in [1.807, 2.05) is 60.9 Å². The minimum atomic E-state index is -0.267. The molecule has 3 aromatic rings. The van der Waals surface area contributed by atoms with E-state index in [-0.39, 0.29) is 24.5 Å². The highest BCUT2D eigenvalue weighted by Crippen LogP contribution is 2.27. The molecule has 1 atom stereocenters. The summed E-state index contributed by atoms with van der Waals surface area (Å²) in [5, 5.41) is 18.5. The number of hydrogen-bond donors (Lipinski definition) is 3. The van der Waals surface area contributed by atoms with Gasteiger partial charge in [0.15, 0.2) is 0 Å². The minimum Gasteiger partial charge on any atom is -0.467 e. The molecule has 0 saturated carbocycles. The third-order valence-electron chi connectivity index (χ3n) is 6.72. The standard InChI is InChI=1S/C27H32N6O3/c1-19-20(2)33(17-23-12-8-14-36-23)26(24(19)15-28)31-25(34)18-32-13-7-6-11-22(32)16-29-27(35)30-21-9-4-3-5-10-21/h3-5,8-10,12,14,22H,6-7,11,13,16-18H2,1-2H3,(H,31,34)(H2,29,30,35). The first kappa shape index (κ1) is 25.1. The molecule has 4 rings (SSSR count). The molecule has 3 N–H and O–H groups in total. The van der Waals surface area contributed by atoms with Crippen molar-refractivity contribution in [3.8, 4) is 6.07 Å². The molecule has 0 radical (unpaired) electrons. The van der Waals surface area contributed by atoms with Crippen LogP contribution in [0, 0.1) is 25.2 Å². The Morgan fingerprint density at radius 1 is 1.11 bits per heavy atom. The van der Waals surface area contributed by atoms with Crippen molar-refractivity contribution in [2.24, 2.45) is 0 Å². The molecule has 3 amide bonds. The molecule has 9 nitrogen and oxygen atoms in total. The summed E-state index contributed by atoms with van der Waals surface area (Å²) >= 11 is 0. The number of furan rings is 1. The van der Waals surface area contributed by atoms with Crippen LogP contribution in [0.15, 0.2) is 53.1 Å². The van der Waals surface area contributed by atoms with Crippen LogP contribution in [0.4, 0.5) is 16.3 Å². The Labute approximate surface area is 211 Å². The molecule has 1 aliphatic heterocycles. The fourth-order valence-electron chi connectivity index (χ4n) is 4.65. The summed E-state index contributed by atoms with van der Waals surface area (Å²) in [6, 6.07) is 15.0. The number of piperidine rings is 1. The molecule has 1 aromatic carbocycles. The van der Waals surface area contributed by atoms with E-state index in [2.05, 4.69) is 26.9 Å². The van der Waals surface area contributed by atoms with Crippen LogP contribution in [0.3, 0.4) is 0 Å². The van der Waals surface area contributed by atoms with Crippen LogP contribution >= 0.6 is 0 Å². The van der Waals surface area contributed by atoms with Crippen LogP contribution in [-0.2, 0) is 11.3 Å². The summed E-state index contributed by atoms with van der Waals surface area (Å²) in [5.41, 5.74) is 2.93. The number of rotatable bonds is 8. The molecule has 1 unspecified atom stereocenters. The predicted molar refractivity (Wildman–Crippen MR) is 138 cm³/mol. The Hall–Kier alpha value is -4.03. The van der Waals surface area contributed by atoms with Crippen molar-refractivity contribution >= 4 is 23.4 Å². The van der Waals surface area contributed by atoms with Gasteiger partial charge in [0.1, 0.15) is 17.6 Å². The van der Waals surface area contributed by atoms with Gasteiger partial charge >= 0.3 is 6.03 Å². The summed E-state index contributed by atoms with van der Waals surface area (Å²) in [5.74, 6) is 1.04. The average Bonchev–Trinajstić information content (AvgIpc) is 3.47. The van der Waals surface area contributed by atoms with Gasteiger partial charge in [-0.15, -0.1) is 0 Å². The lowest BCUT2D eigenvalue weighted by atomic mass is 10.0. The summed E-state index contributed by atoms with van der Waals surface area (Å²) in [6.07, 6.45) is 4.55. The summed E-state index contributed by atoms with van der Waals surface area (Å²) in [6.45, 7) is 5.64. The van der Waals surface area contributed by atoms with Crippen molar-refractivity contribution in [2.45, 2.75) is 45.7 Å². The van der Waals surface area contributed by atoms with Gasteiger partial charge in [-0.2, -0.15) is 5.26 Å². The van der Waals surface area contributed by atoms with Crippen molar-refractivity contribution in [3.05, 3.63) is 71.3 Å². The molecule has 0 aliphatic carbocycles. The number of carbonyl (C=O) groups excluding carboxylic acids is 2. The molecule has 2 aromatic heterocycles. The maximum absolute atomic E-state index is 13.2. The largest absolute Gasteiger partial charge is 0.467 e. The van der Waals surface area contributed by atoms with Gasteiger partial charge in [0, 0.05) is 24.0 Å². The van der Waals surface area contributed by atoms with Gasteiger partial charge in [-0.1, -0.05) is 24.6 Å². The molecule has 1 fully saturated rings. The van der Waals surface area contributed by atoms with Crippen molar-refractivity contribution in [3.63, 3.8) is 0 Å². The SMILES string of the molecule is Cc1c(C#N)c(NC(=O)CN2CCCCC2CNC(=O)Nc2ccccc2)n(Cc2ccco2)c1C. The van der Waals surface area contributed by atoms with E-state index in [0.29, 0.717) is 24.5 Å². The molecule has 1 aliphatic rings. The third-order valence-corrected chi connectivity index (χ3v) is 6.72. The first-order valence-electron chi connectivity index (χ1n) is 12.2. The van der Waals surface area contributed by atoms with Crippen molar-refractivity contribution in [1.82, 2.24) is 14.8 Å². The van der Waals surface area contributed by atoms with E-state index in [1.54, 1.807) is 6.26 Å². The number of para-hydroxylation sites is 1. The highest BCUT2D eigenvalue weighted by molar-refractivity contribution is 5.93. The number of urea groups is 1. The van der Waals surface area contributed by atoms with Crippen LogP contribution in [0.5, 0.6) is 0 Å². The van der Waals surface area contributed by atoms with Crippen LogP contribution in [0.1, 0.15) is 41.8 Å². The number of amides is 3. The zero-order valence-electron chi connectivity index (χ0n) is 20.7. The Kier molecular flexibility index (Phi) is 8.08.